The Kier molecular flexibility index (Phi) is 4.68. The predicted molar refractivity (Wildman–Crippen MR) is 75.3 cm³/mol. The molecule has 0 bridgehead atoms. The molecular formula is C14H19N3O3. The third-order valence-corrected chi connectivity index (χ3v) is 3.69. The number of nitrogens with zero attached hydrogens (tertiary/aromatic N) is 1. The van der Waals surface area contributed by atoms with Crippen molar-refractivity contribution in [2.24, 2.45) is 0 Å². The Labute approximate surface area is 117 Å². The summed E-state index contributed by atoms with van der Waals surface area (Å²) in [5.74, 6) is -0.0318. The molecule has 1 aliphatic heterocycles. The molecule has 0 spiro atoms. The monoisotopic (exact) mass is 277 g/mol. The SMILES string of the molecule is Cc1c(CNC(=O)C2CCCCN2)cccc1[N+](=O)[O-]. The van der Waals surface area contributed by atoms with Crippen LogP contribution in [0, 0.1) is 17.0 Å². The lowest BCUT2D eigenvalue weighted by molar-refractivity contribution is -0.385. The number of rotatable bonds is 4. The van der Waals surface area contributed by atoms with Crippen LogP contribution in [0.1, 0.15) is 30.4 Å². The van der Waals surface area contributed by atoms with Crippen molar-refractivity contribution in [1.29, 1.82) is 0 Å². The molecule has 20 heavy (non-hydrogen) atoms. The van der Waals surface area contributed by atoms with Gasteiger partial charge in [0, 0.05) is 18.2 Å². The molecule has 1 aliphatic rings. The highest BCUT2D eigenvalue weighted by atomic mass is 16.6. The molecule has 1 unspecified atom stereocenters. The van der Waals surface area contributed by atoms with E-state index in [1.54, 1.807) is 19.1 Å². The van der Waals surface area contributed by atoms with E-state index in [1.165, 1.54) is 6.07 Å². The van der Waals surface area contributed by atoms with Gasteiger partial charge in [-0.25, -0.2) is 0 Å². The van der Waals surface area contributed by atoms with Gasteiger partial charge in [0.15, 0.2) is 0 Å². The van der Waals surface area contributed by atoms with Crippen molar-refractivity contribution >= 4 is 11.6 Å². The van der Waals surface area contributed by atoms with E-state index < -0.39 is 4.92 Å². The van der Waals surface area contributed by atoms with Gasteiger partial charge in [0.25, 0.3) is 5.69 Å². The number of nitro groups is 1. The van der Waals surface area contributed by atoms with Crippen molar-refractivity contribution in [2.45, 2.75) is 38.8 Å². The van der Waals surface area contributed by atoms with Crippen molar-refractivity contribution in [1.82, 2.24) is 10.6 Å². The second kappa shape index (κ2) is 6.47. The van der Waals surface area contributed by atoms with Crippen molar-refractivity contribution < 1.29 is 9.72 Å². The van der Waals surface area contributed by atoms with Crippen molar-refractivity contribution in [3.63, 3.8) is 0 Å². The largest absolute Gasteiger partial charge is 0.351 e. The first kappa shape index (κ1) is 14.5. The first-order valence-corrected chi connectivity index (χ1v) is 6.83. The average molecular weight is 277 g/mol. The topological polar surface area (TPSA) is 84.3 Å². The molecule has 1 saturated heterocycles. The fraction of sp³-hybridized carbons (Fsp3) is 0.500. The molecule has 0 aliphatic carbocycles. The summed E-state index contributed by atoms with van der Waals surface area (Å²) in [7, 11) is 0. The van der Waals surface area contributed by atoms with E-state index in [0.29, 0.717) is 12.1 Å². The average Bonchev–Trinajstić information content (AvgIpc) is 2.46. The number of amides is 1. The molecule has 0 aromatic heterocycles. The predicted octanol–water partition coefficient (Wildman–Crippen LogP) is 1.66. The summed E-state index contributed by atoms with van der Waals surface area (Å²) in [6.07, 6.45) is 3.01. The summed E-state index contributed by atoms with van der Waals surface area (Å²) in [4.78, 5) is 22.5. The maximum absolute atomic E-state index is 12.0. The summed E-state index contributed by atoms with van der Waals surface area (Å²) in [5.41, 5.74) is 1.48. The van der Waals surface area contributed by atoms with Gasteiger partial charge in [-0.15, -0.1) is 0 Å². The van der Waals surface area contributed by atoms with E-state index in [-0.39, 0.29) is 17.6 Å². The smallest absolute Gasteiger partial charge is 0.272 e. The van der Waals surface area contributed by atoms with Crippen LogP contribution in [0.15, 0.2) is 18.2 Å². The summed E-state index contributed by atoms with van der Waals surface area (Å²) >= 11 is 0. The fourth-order valence-electron chi connectivity index (χ4n) is 2.44. The van der Waals surface area contributed by atoms with Gasteiger partial charge in [0.1, 0.15) is 0 Å². The number of nitro benzene ring substituents is 1. The van der Waals surface area contributed by atoms with Gasteiger partial charge >= 0.3 is 0 Å². The zero-order valence-electron chi connectivity index (χ0n) is 11.5. The van der Waals surface area contributed by atoms with Crippen LogP contribution in [0.4, 0.5) is 5.69 Å². The van der Waals surface area contributed by atoms with Crippen molar-refractivity contribution in [3.05, 3.63) is 39.4 Å². The maximum atomic E-state index is 12.0. The van der Waals surface area contributed by atoms with Gasteiger partial charge < -0.3 is 10.6 Å². The molecule has 1 amide bonds. The molecule has 108 valence electrons. The highest BCUT2D eigenvalue weighted by molar-refractivity contribution is 5.81. The second-order valence-electron chi connectivity index (χ2n) is 5.04. The minimum absolute atomic E-state index is 0.0318. The summed E-state index contributed by atoms with van der Waals surface area (Å²) in [5, 5.41) is 16.9. The number of nitrogens with one attached hydrogen (secondary N) is 2. The normalized spacial score (nSPS) is 18.6. The number of piperidine rings is 1. The number of carbonyl (C=O) groups is 1. The van der Waals surface area contributed by atoms with Gasteiger partial charge in [-0.1, -0.05) is 18.6 Å². The summed E-state index contributed by atoms with van der Waals surface area (Å²) in [6.45, 7) is 2.90. The Balaban J connectivity index is 1.98. The van der Waals surface area contributed by atoms with E-state index in [4.69, 9.17) is 0 Å². The van der Waals surface area contributed by atoms with Gasteiger partial charge in [0.05, 0.1) is 11.0 Å². The number of hydrogen-bond donors (Lipinski definition) is 2. The zero-order chi connectivity index (χ0) is 14.5. The van der Waals surface area contributed by atoms with E-state index in [0.717, 1.165) is 31.4 Å². The lowest BCUT2D eigenvalue weighted by Gasteiger charge is -2.22. The Bertz CT molecular complexity index is 510. The van der Waals surface area contributed by atoms with Crippen LogP contribution in [0.25, 0.3) is 0 Å². The molecular weight excluding hydrogens is 258 g/mol. The highest BCUT2D eigenvalue weighted by Crippen LogP contribution is 2.20. The fourth-order valence-corrected chi connectivity index (χ4v) is 2.44. The van der Waals surface area contributed by atoms with Crippen LogP contribution in [0.2, 0.25) is 0 Å². The highest BCUT2D eigenvalue weighted by Gasteiger charge is 2.20. The molecule has 1 atom stereocenters. The van der Waals surface area contributed by atoms with Crippen LogP contribution in [-0.4, -0.2) is 23.4 Å². The maximum Gasteiger partial charge on any atom is 0.272 e. The van der Waals surface area contributed by atoms with E-state index in [9.17, 15) is 14.9 Å². The number of carbonyl (C=O) groups excluding carboxylic acids is 1. The van der Waals surface area contributed by atoms with E-state index in [1.807, 2.05) is 0 Å². The van der Waals surface area contributed by atoms with Gasteiger partial charge in [-0.2, -0.15) is 0 Å². The van der Waals surface area contributed by atoms with Crippen LogP contribution in [-0.2, 0) is 11.3 Å². The van der Waals surface area contributed by atoms with E-state index in [2.05, 4.69) is 10.6 Å². The Morgan fingerprint density at radius 2 is 2.30 bits per heavy atom. The van der Waals surface area contributed by atoms with E-state index >= 15 is 0 Å². The second-order valence-corrected chi connectivity index (χ2v) is 5.04. The quantitative estimate of drug-likeness (QED) is 0.647. The molecule has 6 heteroatoms. The summed E-state index contributed by atoms with van der Waals surface area (Å²) in [6, 6.07) is 4.79. The zero-order valence-corrected chi connectivity index (χ0v) is 11.5. The summed E-state index contributed by atoms with van der Waals surface area (Å²) < 4.78 is 0. The van der Waals surface area contributed by atoms with Crippen LogP contribution < -0.4 is 10.6 Å². The lowest BCUT2D eigenvalue weighted by atomic mass is 10.0. The molecule has 1 heterocycles. The van der Waals surface area contributed by atoms with Crippen LogP contribution in [0.3, 0.4) is 0 Å². The lowest BCUT2D eigenvalue weighted by Crippen LogP contribution is -2.46. The molecule has 1 aromatic rings. The Morgan fingerprint density at radius 1 is 1.50 bits per heavy atom. The molecule has 0 radical (unpaired) electrons. The Morgan fingerprint density at radius 3 is 2.95 bits per heavy atom. The van der Waals surface area contributed by atoms with Crippen molar-refractivity contribution in [2.75, 3.05) is 6.54 Å². The van der Waals surface area contributed by atoms with Gasteiger partial charge in [0.2, 0.25) is 5.91 Å². The molecule has 1 fully saturated rings. The van der Waals surface area contributed by atoms with Crippen LogP contribution >= 0.6 is 0 Å². The first-order chi connectivity index (χ1) is 9.59. The molecule has 2 N–H and O–H groups in total. The van der Waals surface area contributed by atoms with Crippen molar-refractivity contribution in [3.8, 4) is 0 Å². The minimum Gasteiger partial charge on any atom is -0.351 e. The van der Waals surface area contributed by atoms with Gasteiger partial charge in [-0.3, -0.25) is 14.9 Å². The minimum atomic E-state index is -0.399. The van der Waals surface area contributed by atoms with Crippen LogP contribution in [0.5, 0.6) is 0 Å². The van der Waals surface area contributed by atoms with Gasteiger partial charge in [-0.05, 0) is 31.9 Å². The number of benzene rings is 1. The third kappa shape index (κ3) is 3.33. The molecule has 0 saturated carbocycles. The first-order valence-electron chi connectivity index (χ1n) is 6.83. The molecule has 6 nitrogen and oxygen atoms in total. The molecule has 2 rings (SSSR count). The molecule has 1 aromatic carbocycles. The number of hydrogen-bond acceptors (Lipinski definition) is 4. The standard InChI is InChI=1S/C14H19N3O3/c1-10-11(5-4-7-13(10)17(19)20)9-16-14(18)12-6-2-3-8-15-12/h4-5,7,12,15H,2-3,6,8-9H2,1H3,(H,16,18). The third-order valence-electron chi connectivity index (χ3n) is 3.69. The Hall–Kier alpha value is -1.95.